The maximum atomic E-state index is 11.8. The van der Waals surface area contributed by atoms with Crippen molar-refractivity contribution in [2.75, 3.05) is 13.7 Å². The number of benzene rings is 1. The molecule has 0 unspecified atom stereocenters. The lowest BCUT2D eigenvalue weighted by molar-refractivity contribution is -0.148. The summed E-state index contributed by atoms with van der Waals surface area (Å²) in [5, 5.41) is 3.80. The Morgan fingerprint density at radius 2 is 2.12 bits per heavy atom. The normalized spacial score (nSPS) is 11.1. The van der Waals surface area contributed by atoms with E-state index in [1.807, 2.05) is 45.1 Å². The zero-order valence-corrected chi connectivity index (χ0v) is 14.8. The Kier molecular flexibility index (Phi) is 6.56. The van der Waals surface area contributed by atoms with Crippen molar-refractivity contribution >= 4 is 12.0 Å². The first-order valence-electron chi connectivity index (χ1n) is 7.95. The molecule has 0 amide bonds. The monoisotopic (exact) mass is 346 g/mol. The average Bonchev–Trinajstić information content (AvgIpc) is 3.08. The summed E-state index contributed by atoms with van der Waals surface area (Å²) in [5.41, 5.74) is 0.978. The van der Waals surface area contributed by atoms with Crippen LogP contribution in [0.1, 0.15) is 44.0 Å². The highest BCUT2D eigenvalue weighted by atomic mass is 16.6. The number of esters is 1. The first-order chi connectivity index (χ1) is 12.0. The second-order valence-electron chi connectivity index (χ2n) is 5.56. The van der Waals surface area contributed by atoms with Crippen molar-refractivity contribution < 1.29 is 23.5 Å². The van der Waals surface area contributed by atoms with E-state index < -0.39 is 5.97 Å². The van der Waals surface area contributed by atoms with Gasteiger partial charge in [-0.3, -0.25) is 0 Å². The number of carbonyl (C=O) groups is 1. The lowest BCUT2D eigenvalue weighted by Crippen LogP contribution is -2.15. The van der Waals surface area contributed by atoms with Crippen molar-refractivity contribution in [1.29, 1.82) is 0 Å². The van der Waals surface area contributed by atoms with Crippen LogP contribution in [0, 0.1) is 0 Å². The van der Waals surface area contributed by atoms with Gasteiger partial charge in [0.05, 0.1) is 7.11 Å². The molecule has 134 valence electrons. The lowest BCUT2D eigenvalue weighted by Gasteiger charge is -2.10. The summed E-state index contributed by atoms with van der Waals surface area (Å²) < 4.78 is 20.8. The number of aromatic nitrogens is 2. The van der Waals surface area contributed by atoms with Crippen LogP contribution in [0.25, 0.3) is 6.08 Å². The van der Waals surface area contributed by atoms with Crippen LogP contribution in [0.5, 0.6) is 11.5 Å². The van der Waals surface area contributed by atoms with E-state index in [9.17, 15) is 4.79 Å². The van der Waals surface area contributed by atoms with Crippen molar-refractivity contribution in [3.63, 3.8) is 0 Å². The van der Waals surface area contributed by atoms with Crippen molar-refractivity contribution in [2.45, 2.75) is 33.3 Å². The molecule has 0 fully saturated rings. The summed E-state index contributed by atoms with van der Waals surface area (Å²) in [5.74, 6) is 1.45. The van der Waals surface area contributed by atoms with Gasteiger partial charge < -0.3 is 18.7 Å². The molecule has 1 aromatic heterocycles. The van der Waals surface area contributed by atoms with Crippen LogP contribution < -0.4 is 9.47 Å². The van der Waals surface area contributed by atoms with E-state index in [1.54, 1.807) is 13.2 Å². The molecule has 0 atom stereocenters. The standard InChI is InChI=1S/C18H22N2O5/c1-5-6-13-7-8-14(15(9-13)22-4)23-11-17(21)24-10-16-19-18(12(2)3)20-25-16/h5-9,12H,10-11H2,1-4H3/b6-5+. The Balaban J connectivity index is 1.86. The minimum atomic E-state index is -0.538. The van der Waals surface area contributed by atoms with Gasteiger partial charge >= 0.3 is 5.97 Å². The smallest absolute Gasteiger partial charge is 0.344 e. The molecule has 0 radical (unpaired) electrons. The average molecular weight is 346 g/mol. The minimum absolute atomic E-state index is 0.0840. The molecule has 0 aliphatic rings. The van der Waals surface area contributed by atoms with E-state index in [4.69, 9.17) is 18.7 Å². The molecule has 7 nitrogen and oxygen atoms in total. The molecule has 0 N–H and O–H groups in total. The van der Waals surface area contributed by atoms with E-state index in [0.717, 1.165) is 5.56 Å². The van der Waals surface area contributed by atoms with Gasteiger partial charge in [-0.05, 0) is 24.6 Å². The van der Waals surface area contributed by atoms with E-state index >= 15 is 0 Å². The predicted octanol–water partition coefficient (Wildman–Crippen LogP) is 3.36. The fraction of sp³-hybridized carbons (Fsp3) is 0.389. The zero-order valence-electron chi connectivity index (χ0n) is 14.8. The first-order valence-corrected chi connectivity index (χ1v) is 7.95. The number of hydrogen-bond donors (Lipinski definition) is 0. The SMILES string of the molecule is C/C=C/c1ccc(OCC(=O)OCc2nc(C(C)C)no2)c(OC)c1. The highest BCUT2D eigenvalue weighted by Gasteiger charge is 2.13. The number of carbonyl (C=O) groups excluding carboxylic acids is 1. The molecule has 0 bridgehead atoms. The van der Waals surface area contributed by atoms with Crippen molar-refractivity contribution in [1.82, 2.24) is 10.1 Å². The zero-order chi connectivity index (χ0) is 18.2. The molecule has 7 heteroatoms. The van der Waals surface area contributed by atoms with Crippen LogP contribution in [0.15, 0.2) is 28.8 Å². The summed E-state index contributed by atoms with van der Waals surface area (Å²) in [6.07, 6.45) is 3.87. The second-order valence-corrected chi connectivity index (χ2v) is 5.56. The second kappa shape index (κ2) is 8.86. The van der Waals surface area contributed by atoms with E-state index in [2.05, 4.69) is 10.1 Å². The maximum absolute atomic E-state index is 11.8. The third kappa shape index (κ3) is 5.34. The quantitative estimate of drug-likeness (QED) is 0.678. The molecule has 0 spiro atoms. The van der Waals surface area contributed by atoms with Gasteiger partial charge in [-0.1, -0.05) is 37.2 Å². The molecule has 25 heavy (non-hydrogen) atoms. The van der Waals surface area contributed by atoms with Gasteiger partial charge in [-0.15, -0.1) is 0 Å². The summed E-state index contributed by atoms with van der Waals surface area (Å²) in [6.45, 7) is 5.50. The Bertz CT molecular complexity index is 737. The fourth-order valence-electron chi connectivity index (χ4n) is 1.98. The number of nitrogens with zero attached hydrogens (tertiary/aromatic N) is 2. The third-order valence-electron chi connectivity index (χ3n) is 3.25. The fourth-order valence-corrected chi connectivity index (χ4v) is 1.98. The van der Waals surface area contributed by atoms with Crippen LogP contribution in [0.4, 0.5) is 0 Å². The van der Waals surface area contributed by atoms with Gasteiger partial charge in [0.15, 0.2) is 30.5 Å². The highest BCUT2D eigenvalue weighted by Crippen LogP contribution is 2.28. The summed E-state index contributed by atoms with van der Waals surface area (Å²) >= 11 is 0. The Hall–Kier alpha value is -2.83. The molecule has 1 aromatic carbocycles. The molecule has 0 aliphatic carbocycles. The number of hydrogen-bond acceptors (Lipinski definition) is 7. The summed E-state index contributed by atoms with van der Waals surface area (Å²) in [4.78, 5) is 15.9. The number of allylic oxidation sites excluding steroid dienone is 1. The van der Waals surface area contributed by atoms with Crippen LogP contribution in [-0.2, 0) is 16.1 Å². The van der Waals surface area contributed by atoms with Crippen LogP contribution in [0.2, 0.25) is 0 Å². The van der Waals surface area contributed by atoms with Gasteiger partial charge in [0.2, 0.25) is 0 Å². The number of ether oxygens (including phenoxy) is 3. The third-order valence-corrected chi connectivity index (χ3v) is 3.25. The topological polar surface area (TPSA) is 83.7 Å². The van der Waals surface area contributed by atoms with Crippen molar-refractivity contribution in [3.05, 3.63) is 41.6 Å². The molecule has 0 saturated carbocycles. The minimum Gasteiger partial charge on any atom is -0.493 e. The lowest BCUT2D eigenvalue weighted by atomic mass is 10.2. The van der Waals surface area contributed by atoms with Gasteiger partial charge in [0.1, 0.15) is 0 Å². The van der Waals surface area contributed by atoms with E-state index in [0.29, 0.717) is 17.3 Å². The Morgan fingerprint density at radius 1 is 1.32 bits per heavy atom. The largest absolute Gasteiger partial charge is 0.493 e. The first kappa shape index (κ1) is 18.5. The van der Waals surface area contributed by atoms with Gasteiger partial charge in [0, 0.05) is 5.92 Å². The number of methoxy groups -OCH3 is 1. The van der Waals surface area contributed by atoms with Crippen LogP contribution >= 0.6 is 0 Å². The van der Waals surface area contributed by atoms with Gasteiger partial charge in [0.25, 0.3) is 5.89 Å². The van der Waals surface area contributed by atoms with Crippen molar-refractivity contribution in [2.24, 2.45) is 0 Å². The predicted molar refractivity (Wildman–Crippen MR) is 91.4 cm³/mol. The molecule has 0 aliphatic heterocycles. The summed E-state index contributed by atoms with van der Waals surface area (Å²) in [7, 11) is 1.54. The van der Waals surface area contributed by atoms with Crippen LogP contribution in [0.3, 0.4) is 0 Å². The van der Waals surface area contributed by atoms with Crippen molar-refractivity contribution in [3.8, 4) is 11.5 Å². The molecule has 2 rings (SSSR count). The molecular weight excluding hydrogens is 324 g/mol. The van der Waals surface area contributed by atoms with E-state index in [-0.39, 0.29) is 25.0 Å². The van der Waals surface area contributed by atoms with Gasteiger partial charge in [-0.25, -0.2) is 4.79 Å². The highest BCUT2D eigenvalue weighted by molar-refractivity contribution is 5.71. The van der Waals surface area contributed by atoms with Gasteiger partial charge in [-0.2, -0.15) is 4.98 Å². The Labute approximate surface area is 146 Å². The molecule has 2 aromatic rings. The molecule has 1 heterocycles. The molecule has 0 saturated heterocycles. The Morgan fingerprint density at radius 3 is 2.76 bits per heavy atom. The van der Waals surface area contributed by atoms with Crippen LogP contribution in [-0.4, -0.2) is 29.8 Å². The van der Waals surface area contributed by atoms with E-state index in [1.165, 1.54) is 0 Å². The maximum Gasteiger partial charge on any atom is 0.344 e. The number of rotatable bonds is 8. The molecular formula is C18H22N2O5. The summed E-state index contributed by atoms with van der Waals surface area (Å²) in [6, 6.07) is 5.44.